The van der Waals surface area contributed by atoms with Crippen molar-refractivity contribution in [1.82, 2.24) is 0 Å². The molecule has 0 aliphatic rings. The Morgan fingerprint density at radius 3 is 2.50 bits per heavy atom. The summed E-state index contributed by atoms with van der Waals surface area (Å²) in [6.07, 6.45) is 0. The summed E-state index contributed by atoms with van der Waals surface area (Å²) in [6.45, 7) is 4.35. The first-order chi connectivity index (χ1) is 4.70. The van der Waals surface area contributed by atoms with E-state index >= 15 is 0 Å². The molecule has 0 spiro atoms. The molecule has 0 saturated heterocycles. The molecular weight excluding hydrogens is 188 g/mol. The van der Waals surface area contributed by atoms with Crippen molar-refractivity contribution in [2.75, 3.05) is 0 Å². The number of halogens is 1. The molecule has 0 saturated carbocycles. The maximum atomic E-state index is 3.40. The third-order valence-electron chi connectivity index (χ3n) is 1.44. The van der Waals surface area contributed by atoms with Crippen molar-refractivity contribution in [2.45, 2.75) is 19.8 Å². The normalized spacial score (nSPS) is 10.4. The molecule has 0 aliphatic carbocycles. The number of rotatable bonds is 1. The topological polar surface area (TPSA) is 0 Å². The van der Waals surface area contributed by atoms with E-state index in [0.717, 1.165) is 4.47 Å². The van der Waals surface area contributed by atoms with Gasteiger partial charge in [-0.3, -0.25) is 0 Å². The monoisotopic (exact) mass is 197 g/mol. The molecule has 1 heteroatoms. The van der Waals surface area contributed by atoms with E-state index in [1.807, 2.05) is 12.1 Å². The average molecular weight is 198 g/mol. The van der Waals surface area contributed by atoms with Gasteiger partial charge in [0.1, 0.15) is 0 Å². The molecule has 1 radical (unpaired) electrons. The Kier molecular flexibility index (Phi) is 2.50. The minimum absolute atomic E-state index is 0.591. The predicted octanol–water partition coefficient (Wildman–Crippen LogP) is 3.37. The van der Waals surface area contributed by atoms with E-state index < -0.39 is 0 Å². The van der Waals surface area contributed by atoms with Crippen molar-refractivity contribution >= 4 is 15.9 Å². The van der Waals surface area contributed by atoms with Crippen LogP contribution in [0.1, 0.15) is 25.3 Å². The Morgan fingerprint density at radius 1 is 1.40 bits per heavy atom. The fraction of sp³-hybridized carbons (Fsp3) is 0.333. The van der Waals surface area contributed by atoms with Gasteiger partial charge in [0.15, 0.2) is 0 Å². The fourth-order valence-electron chi connectivity index (χ4n) is 0.793. The summed E-state index contributed by atoms with van der Waals surface area (Å²) in [5.41, 5.74) is 1.33. The standard InChI is InChI=1S/C9H10Br/c1-7(2)8-4-3-5-9(10)6-8/h4-7H,1-2H3. The zero-order chi connectivity index (χ0) is 7.56. The summed E-state index contributed by atoms with van der Waals surface area (Å²) in [5, 5.41) is 0. The summed E-state index contributed by atoms with van der Waals surface area (Å²) in [7, 11) is 0. The molecule has 1 aromatic rings. The quantitative estimate of drug-likeness (QED) is 0.648. The van der Waals surface area contributed by atoms with Gasteiger partial charge in [-0.2, -0.15) is 0 Å². The molecule has 0 nitrogen and oxygen atoms in total. The van der Waals surface area contributed by atoms with Crippen LogP contribution in [0.15, 0.2) is 22.7 Å². The van der Waals surface area contributed by atoms with E-state index in [9.17, 15) is 0 Å². The van der Waals surface area contributed by atoms with Crippen molar-refractivity contribution < 1.29 is 0 Å². The first-order valence-electron chi connectivity index (χ1n) is 3.36. The Morgan fingerprint density at radius 2 is 2.10 bits per heavy atom. The molecule has 1 aromatic carbocycles. The second kappa shape index (κ2) is 3.20. The average Bonchev–Trinajstić information content (AvgIpc) is 1.88. The SMILES string of the molecule is CC(C)c1c[c]cc(Br)c1. The number of hydrogen-bond acceptors (Lipinski definition) is 0. The van der Waals surface area contributed by atoms with Crippen LogP contribution in [0, 0.1) is 6.07 Å². The Labute approximate surface area is 70.4 Å². The van der Waals surface area contributed by atoms with Gasteiger partial charge in [0, 0.05) is 4.47 Å². The van der Waals surface area contributed by atoms with Crippen LogP contribution in [0.5, 0.6) is 0 Å². The van der Waals surface area contributed by atoms with E-state index in [1.165, 1.54) is 5.56 Å². The fourth-order valence-corrected chi connectivity index (χ4v) is 1.19. The van der Waals surface area contributed by atoms with Gasteiger partial charge >= 0.3 is 0 Å². The number of benzene rings is 1. The van der Waals surface area contributed by atoms with Crippen molar-refractivity contribution in [3.63, 3.8) is 0 Å². The molecule has 0 heterocycles. The van der Waals surface area contributed by atoms with E-state index in [-0.39, 0.29) is 0 Å². The Balaban J connectivity index is 2.96. The maximum absolute atomic E-state index is 3.40. The molecule has 0 aromatic heterocycles. The van der Waals surface area contributed by atoms with Crippen LogP contribution in [0.4, 0.5) is 0 Å². The summed E-state index contributed by atoms with van der Waals surface area (Å²) < 4.78 is 1.11. The first-order valence-corrected chi connectivity index (χ1v) is 4.16. The van der Waals surface area contributed by atoms with Crippen LogP contribution in [-0.4, -0.2) is 0 Å². The van der Waals surface area contributed by atoms with Crippen LogP contribution in [0.3, 0.4) is 0 Å². The zero-order valence-corrected chi connectivity index (χ0v) is 7.77. The van der Waals surface area contributed by atoms with E-state index in [2.05, 4.69) is 41.9 Å². The summed E-state index contributed by atoms with van der Waals surface area (Å²) in [6, 6.07) is 9.14. The molecule has 0 N–H and O–H groups in total. The van der Waals surface area contributed by atoms with Gasteiger partial charge in [0.05, 0.1) is 0 Å². The third-order valence-corrected chi connectivity index (χ3v) is 1.90. The lowest BCUT2D eigenvalue weighted by atomic mass is 10.0. The Hall–Kier alpha value is -0.300. The lowest BCUT2D eigenvalue weighted by Gasteiger charge is -2.03. The van der Waals surface area contributed by atoms with Crippen LogP contribution in [0.25, 0.3) is 0 Å². The molecule has 10 heavy (non-hydrogen) atoms. The van der Waals surface area contributed by atoms with Crippen molar-refractivity contribution in [1.29, 1.82) is 0 Å². The summed E-state index contributed by atoms with van der Waals surface area (Å²) >= 11 is 3.40. The van der Waals surface area contributed by atoms with Crippen molar-refractivity contribution in [3.8, 4) is 0 Å². The van der Waals surface area contributed by atoms with Gasteiger partial charge in [-0.05, 0) is 29.7 Å². The first kappa shape index (κ1) is 7.80. The molecule has 53 valence electrons. The zero-order valence-electron chi connectivity index (χ0n) is 6.19. The van der Waals surface area contributed by atoms with Crippen LogP contribution >= 0.6 is 15.9 Å². The van der Waals surface area contributed by atoms with Gasteiger partial charge < -0.3 is 0 Å². The summed E-state index contributed by atoms with van der Waals surface area (Å²) in [5.74, 6) is 0.591. The lowest BCUT2D eigenvalue weighted by Crippen LogP contribution is -1.85. The van der Waals surface area contributed by atoms with E-state index in [4.69, 9.17) is 0 Å². The second-order valence-electron chi connectivity index (χ2n) is 2.64. The highest BCUT2D eigenvalue weighted by Crippen LogP contribution is 2.18. The van der Waals surface area contributed by atoms with Gasteiger partial charge in [-0.15, -0.1) is 0 Å². The molecule has 0 unspecified atom stereocenters. The third kappa shape index (κ3) is 1.84. The smallest absolute Gasteiger partial charge is 0.0184 e. The molecular formula is C9H10Br. The van der Waals surface area contributed by atoms with Gasteiger partial charge in [-0.25, -0.2) is 0 Å². The van der Waals surface area contributed by atoms with Crippen LogP contribution < -0.4 is 0 Å². The number of hydrogen-bond donors (Lipinski definition) is 0. The van der Waals surface area contributed by atoms with Crippen molar-refractivity contribution in [3.05, 3.63) is 34.3 Å². The molecule has 0 bridgehead atoms. The van der Waals surface area contributed by atoms with E-state index in [0.29, 0.717) is 5.92 Å². The second-order valence-corrected chi connectivity index (χ2v) is 3.55. The minimum atomic E-state index is 0.591. The van der Waals surface area contributed by atoms with Crippen LogP contribution in [-0.2, 0) is 0 Å². The summed E-state index contributed by atoms with van der Waals surface area (Å²) in [4.78, 5) is 0. The molecule has 1 rings (SSSR count). The molecule has 0 atom stereocenters. The van der Waals surface area contributed by atoms with Crippen molar-refractivity contribution in [2.24, 2.45) is 0 Å². The van der Waals surface area contributed by atoms with Crippen LogP contribution in [0.2, 0.25) is 0 Å². The molecule has 0 amide bonds. The molecule has 0 aliphatic heterocycles. The van der Waals surface area contributed by atoms with Gasteiger partial charge in [-0.1, -0.05) is 35.8 Å². The van der Waals surface area contributed by atoms with Gasteiger partial charge in [0.25, 0.3) is 0 Å². The highest BCUT2D eigenvalue weighted by atomic mass is 79.9. The highest BCUT2D eigenvalue weighted by molar-refractivity contribution is 9.10. The van der Waals surface area contributed by atoms with Gasteiger partial charge in [0.2, 0.25) is 0 Å². The van der Waals surface area contributed by atoms with E-state index in [1.54, 1.807) is 0 Å². The predicted molar refractivity (Wildman–Crippen MR) is 47.1 cm³/mol. The molecule has 0 fully saturated rings. The highest BCUT2D eigenvalue weighted by Gasteiger charge is 1.97. The largest absolute Gasteiger partial charge is 0.0587 e. The lowest BCUT2D eigenvalue weighted by molar-refractivity contribution is 0.865. The minimum Gasteiger partial charge on any atom is -0.0587 e. The maximum Gasteiger partial charge on any atom is 0.0184 e. The Bertz CT molecular complexity index is 216.